The molecule has 0 bridgehead atoms. The third-order valence-electron chi connectivity index (χ3n) is 3.77. The monoisotopic (exact) mass is 298 g/mol. The van der Waals surface area contributed by atoms with Crippen LogP contribution in [0.4, 0.5) is 0 Å². The number of ether oxygens (including phenoxy) is 1. The van der Waals surface area contributed by atoms with Crippen molar-refractivity contribution in [2.45, 2.75) is 19.4 Å². The maximum atomic E-state index is 12.7. The van der Waals surface area contributed by atoms with E-state index in [0.717, 1.165) is 10.8 Å². The van der Waals surface area contributed by atoms with Gasteiger partial charge in [-0.2, -0.15) is 0 Å². The first-order chi connectivity index (χ1) is 10.7. The molecule has 0 spiro atoms. The lowest BCUT2D eigenvalue weighted by Crippen LogP contribution is -2.40. The Labute approximate surface area is 128 Å². The van der Waals surface area contributed by atoms with Gasteiger partial charge in [0.2, 0.25) is 5.91 Å². The van der Waals surface area contributed by atoms with Crippen LogP contribution in [0.15, 0.2) is 36.4 Å². The summed E-state index contributed by atoms with van der Waals surface area (Å²) in [6.45, 7) is 2.95. The molecule has 1 heterocycles. The van der Waals surface area contributed by atoms with Crippen molar-refractivity contribution in [2.24, 2.45) is 0 Å². The number of nitrogens with one attached hydrogen (secondary N) is 2. The average molecular weight is 298 g/mol. The number of benzene rings is 2. The first-order valence-corrected chi connectivity index (χ1v) is 7.44. The predicted octanol–water partition coefficient (Wildman–Crippen LogP) is 1.86. The number of hydrogen-bond donors (Lipinski definition) is 2. The normalized spacial score (nSPS) is 17.3. The molecule has 1 fully saturated rings. The summed E-state index contributed by atoms with van der Waals surface area (Å²) < 4.78 is 5.60. The van der Waals surface area contributed by atoms with Crippen LogP contribution in [-0.4, -0.2) is 31.0 Å². The van der Waals surface area contributed by atoms with E-state index in [2.05, 4.69) is 10.6 Å². The highest BCUT2D eigenvalue weighted by Crippen LogP contribution is 2.28. The molecule has 114 valence electrons. The molecule has 0 radical (unpaired) electrons. The molecule has 5 nitrogen and oxygen atoms in total. The highest BCUT2D eigenvalue weighted by atomic mass is 16.5. The molecule has 2 aromatic carbocycles. The van der Waals surface area contributed by atoms with Gasteiger partial charge in [0, 0.05) is 6.54 Å². The van der Waals surface area contributed by atoms with Crippen LogP contribution in [0.5, 0.6) is 5.75 Å². The van der Waals surface area contributed by atoms with E-state index in [1.807, 2.05) is 37.3 Å². The first kappa shape index (κ1) is 14.4. The van der Waals surface area contributed by atoms with Gasteiger partial charge in [0.05, 0.1) is 12.2 Å². The Morgan fingerprint density at radius 3 is 2.86 bits per heavy atom. The summed E-state index contributed by atoms with van der Waals surface area (Å²) in [6, 6.07) is 10.9. The van der Waals surface area contributed by atoms with E-state index in [0.29, 0.717) is 30.9 Å². The summed E-state index contributed by atoms with van der Waals surface area (Å²) in [4.78, 5) is 24.3. The van der Waals surface area contributed by atoms with Crippen molar-refractivity contribution in [1.82, 2.24) is 10.6 Å². The van der Waals surface area contributed by atoms with Crippen LogP contribution in [-0.2, 0) is 4.79 Å². The quantitative estimate of drug-likeness (QED) is 0.905. The molecule has 2 N–H and O–H groups in total. The predicted molar refractivity (Wildman–Crippen MR) is 84.0 cm³/mol. The van der Waals surface area contributed by atoms with Crippen LogP contribution in [0, 0.1) is 0 Å². The van der Waals surface area contributed by atoms with E-state index in [4.69, 9.17) is 4.74 Å². The van der Waals surface area contributed by atoms with E-state index in [-0.39, 0.29) is 11.8 Å². The van der Waals surface area contributed by atoms with E-state index in [1.54, 1.807) is 6.07 Å². The summed E-state index contributed by atoms with van der Waals surface area (Å²) in [5, 5.41) is 7.31. The molecule has 2 amide bonds. The van der Waals surface area contributed by atoms with Crippen molar-refractivity contribution < 1.29 is 14.3 Å². The van der Waals surface area contributed by atoms with Gasteiger partial charge >= 0.3 is 0 Å². The topological polar surface area (TPSA) is 67.4 Å². The van der Waals surface area contributed by atoms with Crippen molar-refractivity contribution in [3.63, 3.8) is 0 Å². The Bertz CT molecular complexity index is 727. The van der Waals surface area contributed by atoms with E-state index in [9.17, 15) is 9.59 Å². The fourth-order valence-electron chi connectivity index (χ4n) is 2.72. The van der Waals surface area contributed by atoms with Crippen molar-refractivity contribution in [3.05, 3.63) is 42.0 Å². The van der Waals surface area contributed by atoms with Crippen molar-refractivity contribution in [3.8, 4) is 5.75 Å². The second kappa shape index (κ2) is 6.05. The molecule has 5 heteroatoms. The molecular weight excluding hydrogens is 280 g/mol. The van der Waals surface area contributed by atoms with Crippen molar-refractivity contribution in [2.75, 3.05) is 13.2 Å². The summed E-state index contributed by atoms with van der Waals surface area (Å²) in [7, 11) is 0. The lowest BCUT2D eigenvalue weighted by atomic mass is 10.0. The average Bonchev–Trinajstić information content (AvgIpc) is 2.92. The zero-order chi connectivity index (χ0) is 15.5. The lowest BCUT2D eigenvalue weighted by Gasteiger charge is -2.15. The number of carbonyl (C=O) groups excluding carboxylic acids is 2. The molecule has 2 aromatic rings. The molecule has 0 unspecified atom stereocenters. The molecule has 1 aliphatic rings. The van der Waals surface area contributed by atoms with Gasteiger partial charge in [-0.3, -0.25) is 9.59 Å². The van der Waals surface area contributed by atoms with E-state index < -0.39 is 6.04 Å². The molecule has 0 aliphatic carbocycles. The van der Waals surface area contributed by atoms with Crippen LogP contribution in [0.2, 0.25) is 0 Å². The molecule has 0 saturated carbocycles. The second-order valence-corrected chi connectivity index (χ2v) is 5.20. The molecule has 1 atom stereocenters. The number of fused-ring (bicyclic) bond motifs is 1. The number of carbonyl (C=O) groups is 2. The van der Waals surface area contributed by atoms with Gasteiger partial charge in [0.25, 0.3) is 5.91 Å². The minimum atomic E-state index is -0.471. The van der Waals surface area contributed by atoms with Gasteiger partial charge in [0.1, 0.15) is 11.8 Å². The number of rotatable bonds is 4. The lowest BCUT2D eigenvalue weighted by molar-refractivity contribution is -0.120. The van der Waals surface area contributed by atoms with Crippen molar-refractivity contribution in [1.29, 1.82) is 0 Å². The molecule has 22 heavy (non-hydrogen) atoms. The minimum absolute atomic E-state index is 0.133. The highest BCUT2D eigenvalue weighted by Gasteiger charge is 2.27. The maximum absolute atomic E-state index is 12.7. The van der Waals surface area contributed by atoms with Gasteiger partial charge in [0.15, 0.2) is 0 Å². The van der Waals surface area contributed by atoms with Gasteiger partial charge in [-0.25, -0.2) is 0 Å². The SMILES string of the molecule is CCOc1ccc2ccccc2c1C(=O)N[C@H]1CCNC1=O. The summed E-state index contributed by atoms with van der Waals surface area (Å²) in [5.74, 6) is 0.131. The van der Waals surface area contributed by atoms with Crippen LogP contribution in [0.3, 0.4) is 0 Å². The zero-order valence-electron chi connectivity index (χ0n) is 12.4. The van der Waals surface area contributed by atoms with Crippen LogP contribution in [0.25, 0.3) is 10.8 Å². The minimum Gasteiger partial charge on any atom is -0.493 e. The molecular formula is C17H18N2O3. The number of hydrogen-bond acceptors (Lipinski definition) is 3. The Morgan fingerprint density at radius 1 is 1.32 bits per heavy atom. The third kappa shape index (κ3) is 2.62. The highest BCUT2D eigenvalue weighted by molar-refractivity contribution is 6.10. The van der Waals surface area contributed by atoms with Gasteiger partial charge in [-0.15, -0.1) is 0 Å². The maximum Gasteiger partial charge on any atom is 0.256 e. The number of amides is 2. The van der Waals surface area contributed by atoms with Gasteiger partial charge < -0.3 is 15.4 Å². The van der Waals surface area contributed by atoms with Crippen LogP contribution in [0.1, 0.15) is 23.7 Å². The molecule has 0 aromatic heterocycles. The molecule has 1 aliphatic heterocycles. The summed E-state index contributed by atoms with van der Waals surface area (Å²) in [5.41, 5.74) is 0.486. The Morgan fingerprint density at radius 2 is 2.14 bits per heavy atom. The Kier molecular flexibility index (Phi) is 3.96. The van der Waals surface area contributed by atoms with E-state index in [1.165, 1.54) is 0 Å². The fraction of sp³-hybridized carbons (Fsp3) is 0.294. The smallest absolute Gasteiger partial charge is 0.256 e. The Balaban J connectivity index is 2.01. The summed E-state index contributed by atoms with van der Waals surface area (Å²) >= 11 is 0. The largest absolute Gasteiger partial charge is 0.493 e. The van der Waals surface area contributed by atoms with Gasteiger partial charge in [-0.1, -0.05) is 30.3 Å². The Hall–Kier alpha value is -2.56. The molecule has 1 saturated heterocycles. The standard InChI is InChI=1S/C17H18N2O3/c1-2-22-14-8-7-11-5-3-4-6-12(11)15(14)17(21)19-13-9-10-18-16(13)20/h3-8,13H,2,9-10H2,1H3,(H,18,20)(H,19,21)/t13-/m0/s1. The van der Waals surface area contributed by atoms with Crippen molar-refractivity contribution >= 4 is 22.6 Å². The first-order valence-electron chi connectivity index (χ1n) is 7.44. The van der Waals surface area contributed by atoms with Crippen LogP contribution < -0.4 is 15.4 Å². The summed E-state index contributed by atoms with van der Waals surface area (Å²) in [6.07, 6.45) is 0.610. The van der Waals surface area contributed by atoms with Crippen LogP contribution >= 0.6 is 0 Å². The van der Waals surface area contributed by atoms with Gasteiger partial charge in [-0.05, 0) is 30.2 Å². The van der Waals surface area contributed by atoms with E-state index >= 15 is 0 Å². The third-order valence-corrected chi connectivity index (χ3v) is 3.77. The fourth-order valence-corrected chi connectivity index (χ4v) is 2.72. The zero-order valence-corrected chi connectivity index (χ0v) is 12.4. The second-order valence-electron chi connectivity index (χ2n) is 5.20. The molecule has 3 rings (SSSR count).